The van der Waals surface area contributed by atoms with Gasteiger partial charge in [0.1, 0.15) is 18.5 Å². The Morgan fingerprint density at radius 1 is 1.05 bits per heavy atom. The van der Waals surface area contributed by atoms with Gasteiger partial charge in [-0.2, -0.15) is 0 Å². The maximum Gasteiger partial charge on any atom is 0.416 e. The maximum absolute atomic E-state index is 13.9. The Hall–Kier alpha value is -3.79. The molecular formula is C33H39NO8. The molecule has 0 aliphatic carbocycles. The number of imide groups is 1. The highest BCUT2D eigenvalue weighted by Gasteiger charge is 2.46. The Morgan fingerprint density at radius 2 is 1.74 bits per heavy atom. The lowest BCUT2D eigenvalue weighted by atomic mass is 9.88. The van der Waals surface area contributed by atoms with E-state index in [0.29, 0.717) is 25.4 Å². The molecule has 2 heterocycles. The summed E-state index contributed by atoms with van der Waals surface area (Å²) in [5, 5.41) is 9.62. The first-order chi connectivity index (χ1) is 20.4. The highest BCUT2D eigenvalue weighted by atomic mass is 16.6. The second kappa shape index (κ2) is 15.4. The summed E-state index contributed by atoms with van der Waals surface area (Å²) in [6.07, 6.45) is 3.22. The number of ketones is 1. The van der Waals surface area contributed by atoms with E-state index < -0.39 is 36.2 Å². The third-order valence-electron chi connectivity index (χ3n) is 7.29. The molecule has 2 amide bonds. The predicted molar refractivity (Wildman–Crippen MR) is 155 cm³/mol. The number of benzene rings is 2. The first-order valence-electron chi connectivity index (χ1n) is 14.3. The zero-order chi connectivity index (χ0) is 29.9. The zero-order valence-corrected chi connectivity index (χ0v) is 24.1. The van der Waals surface area contributed by atoms with Crippen molar-refractivity contribution in [3.8, 4) is 0 Å². The van der Waals surface area contributed by atoms with Crippen LogP contribution in [0.4, 0.5) is 4.79 Å². The number of hydrogen-bond donors (Lipinski definition) is 1. The second-order valence-electron chi connectivity index (χ2n) is 10.7. The van der Waals surface area contributed by atoms with Gasteiger partial charge in [-0.3, -0.25) is 9.59 Å². The quantitative estimate of drug-likeness (QED) is 0.332. The van der Waals surface area contributed by atoms with Crippen LogP contribution in [0.3, 0.4) is 0 Å². The van der Waals surface area contributed by atoms with Crippen LogP contribution in [0.5, 0.6) is 0 Å². The molecule has 4 rings (SSSR count). The van der Waals surface area contributed by atoms with Gasteiger partial charge >= 0.3 is 6.09 Å². The maximum atomic E-state index is 13.9. The van der Waals surface area contributed by atoms with Crippen LogP contribution in [0.1, 0.15) is 31.4 Å². The van der Waals surface area contributed by atoms with Crippen LogP contribution in [0, 0.1) is 11.8 Å². The SMILES string of the molecule is CC(C)[C@H]1COC(=O)N1C(=O)[C@@H](Cc1ccccc1)[C@@H]1OC(=CCCOC[C@@H](CO)OCc2ccccc2)C=CC1=O. The second-order valence-corrected chi connectivity index (χ2v) is 10.7. The van der Waals surface area contributed by atoms with Gasteiger partial charge < -0.3 is 24.1 Å². The number of carbonyl (C=O) groups excluding carboxylic acids is 3. The number of hydrogen-bond acceptors (Lipinski definition) is 8. The van der Waals surface area contributed by atoms with E-state index in [-0.39, 0.29) is 37.9 Å². The molecule has 9 nitrogen and oxygen atoms in total. The lowest BCUT2D eigenvalue weighted by Crippen LogP contribution is -2.50. The topological polar surface area (TPSA) is 112 Å². The monoisotopic (exact) mass is 577 g/mol. The van der Waals surface area contributed by atoms with E-state index in [9.17, 15) is 19.5 Å². The number of aliphatic hydroxyl groups excluding tert-OH is 1. The Bertz CT molecular complexity index is 1240. The fourth-order valence-electron chi connectivity index (χ4n) is 4.89. The average molecular weight is 578 g/mol. The number of ether oxygens (including phenoxy) is 4. The molecule has 0 saturated carbocycles. The summed E-state index contributed by atoms with van der Waals surface area (Å²) in [5.41, 5.74) is 1.86. The van der Waals surface area contributed by atoms with E-state index in [4.69, 9.17) is 18.9 Å². The molecule has 224 valence electrons. The number of nitrogens with zero attached hydrogens (tertiary/aromatic N) is 1. The van der Waals surface area contributed by atoms with Crippen molar-refractivity contribution in [1.29, 1.82) is 0 Å². The van der Waals surface area contributed by atoms with Gasteiger partial charge in [0.25, 0.3) is 0 Å². The van der Waals surface area contributed by atoms with E-state index >= 15 is 0 Å². The molecule has 9 heteroatoms. The van der Waals surface area contributed by atoms with E-state index in [1.54, 1.807) is 12.2 Å². The van der Waals surface area contributed by atoms with Gasteiger partial charge in [-0.1, -0.05) is 74.5 Å². The Kier molecular flexibility index (Phi) is 11.5. The number of aliphatic hydroxyl groups is 1. The van der Waals surface area contributed by atoms with E-state index in [1.807, 2.05) is 74.5 Å². The number of rotatable bonds is 14. The normalized spacial score (nSPS) is 21.0. The molecule has 1 N–H and O–H groups in total. The molecule has 0 aromatic heterocycles. The summed E-state index contributed by atoms with van der Waals surface area (Å²) in [4.78, 5) is 40.7. The van der Waals surface area contributed by atoms with Crippen molar-refractivity contribution in [3.63, 3.8) is 0 Å². The zero-order valence-electron chi connectivity index (χ0n) is 24.1. The summed E-state index contributed by atoms with van der Waals surface area (Å²) >= 11 is 0. The van der Waals surface area contributed by atoms with Crippen LogP contribution in [0.15, 0.2) is 84.7 Å². The standard InChI is InChI=1S/C33H39NO8/c1-23(2)29-22-41-33(38)34(29)32(37)28(18-24-10-5-3-6-11-24)31-30(36)16-15-26(42-31)14-9-17-39-21-27(19-35)40-20-25-12-7-4-8-13-25/h3-8,10-16,23,27-29,31,35H,9,17-22H2,1-2H3/t27-,28+,29-,31+/m1/s1. The van der Waals surface area contributed by atoms with Crippen molar-refractivity contribution in [2.75, 3.05) is 26.4 Å². The predicted octanol–water partition coefficient (Wildman–Crippen LogP) is 4.24. The van der Waals surface area contributed by atoms with Gasteiger partial charge in [0.15, 0.2) is 11.9 Å². The van der Waals surface area contributed by atoms with Crippen LogP contribution in [0.25, 0.3) is 0 Å². The number of cyclic esters (lactones) is 1. The van der Waals surface area contributed by atoms with Crippen molar-refractivity contribution >= 4 is 17.8 Å². The van der Waals surface area contributed by atoms with Crippen molar-refractivity contribution < 1.29 is 38.4 Å². The Labute approximate surface area is 246 Å². The molecule has 2 aliphatic heterocycles. The largest absolute Gasteiger partial charge is 0.482 e. The fourth-order valence-corrected chi connectivity index (χ4v) is 4.89. The average Bonchev–Trinajstić information content (AvgIpc) is 3.40. The van der Waals surface area contributed by atoms with Crippen LogP contribution >= 0.6 is 0 Å². The molecule has 2 aromatic rings. The van der Waals surface area contributed by atoms with E-state index in [1.165, 1.54) is 6.08 Å². The van der Waals surface area contributed by atoms with E-state index in [0.717, 1.165) is 16.0 Å². The van der Waals surface area contributed by atoms with Gasteiger partial charge in [0, 0.05) is 0 Å². The van der Waals surface area contributed by atoms with Crippen LogP contribution < -0.4 is 0 Å². The lowest BCUT2D eigenvalue weighted by Gasteiger charge is -2.32. The molecule has 1 saturated heterocycles. The van der Waals surface area contributed by atoms with Gasteiger partial charge in [0.2, 0.25) is 5.91 Å². The highest BCUT2D eigenvalue weighted by Crippen LogP contribution is 2.29. The molecular weight excluding hydrogens is 538 g/mol. The summed E-state index contributed by atoms with van der Waals surface area (Å²) in [6.45, 7) is 4.75. The molecule has 0 bridgehead atoms. The molecule has 1 fully saturated rings. The molecule has 0 radical (unpaired) electrons. The molecule has 42 heavy (non-hydrogen) atoms. The number of allylic oxidation sites excluding steroid dienone is 1. The van der Waals surface area contributed by atoms with Crippen LogP contribution in [-0.2, 0) is 41.6 Å². The minimum absolute atomic E-state index is 0.00901. The Balaban J connectivity index is 1.38. The van der Waals surface area contributed by atoms with Gasteiger partial charge in [-0.15, -0.1) is 0 Å². The summed E-state index contributed by atoms with van der Waals surface area (Å²) in [6, 6.07) is 18.6. The molecule has 2 aliphatic rings. The summed E-state index contributed by atoms with van der Waals surface area (Å²) < 4.78 is 22.7. The van der Waals surface area contributed by atoms with Crippen molar-refractivity contribution in [2.24, 2.45) is 11.8 Å². The van der Waals surface area contributed by atoms with E-state index in [2.05, 4.69) is 0 Å². The van der Waals surface area contributed by atoms with Crippen molar-refractivity contribution in [1.82, 2.24) is 4.90 Å². The van der Waals surface area contributed by atoms with Gasteiger partial charge in [-0.25, -0.2) is 9.69 Å². The van der Waals surface area contributed by atoms with Crippen molar-refractivity contribution in [3.05, 3.63) is 95.8 Å². The summed E-state index contributed by atoms with van der Waals surface area (Å²) in [5.74, 6) is -1.32. The minimum atomic E-state index is -1.10. The number of carbonyl (C=O) groups is 3. The fraction of sp³-hybridized carbons (Fsp3) is 0.424. The minimum Gasteiger partial charge on any atom is -0.482 e. The highest BCUT2D eigenvalue weighted by molar-refractivity contribution is 6.02. The van der Waals surface area contributed by atoms with Gasteiger partial charge in [0.05, 0.1) is 38.4 Å². The van der Waals surface area contributed by atoms with Crippen LogP contribution in [0.2, 0.25) is 0 Å². The van der Waals surface area contributed by atoms with Gasteiger partial charge in [-0.05, 0) is 48.1 Å². The summed E-state index contributed by atoms with van der Waals surface area (Å²) in [7, 11) is 0. The third kappa shape index (κ3) is 8.38. The smallest absolute Gasteiger partial charge is 0.416 e. The van der Waals surface area contributed by atoms with Crippen molar-refractivity contribution in [2.45, 2.75) is 51.5 Å². The molecule has 4 atom stereocenters. The molecule has 0 unspecified atom stereocenters. The Morgan fingerprint density at radius 3 is 2.40 bits per heavy atom. The molecule has 0 spiro atoms. The first kappa shape index (κ1) is 31.2. The first-order valence-corrected chi connectivity index (χ1v) is 14.3. The lowest BCUT2D eigenvalue weighted by molar-refractivity contribution is -0.144. The number of amides is 2. The molecule has 2 aromatic carbocycles. The third-order valence-corrected chi connectivity index (χ3v) is 7.29. The van der Waals surface area contributed by atoms with Crippen LogP contribution in [-0.4, -0.2) is 72.5 Å².